The van der Waals surface area contributed by atoms with Gasteiger partial charge in [0.2, 0.25) is 0 Å². The number of hydrogen-bond donors (Lipinski definition) is 0. The van der Waals surface area contributed by atoms with Crippen molar-refractivity contribution in [3.8, 4) is 11.4 Å². The number of aromatic nitrogens is 3. The first-order valence-corrected chi connectivity index (χ1v) is 5.66. The summed E-state index contributed by atoms with van der Waals surface area (Å²) >= 11 is 3.22. The van der Waals surface area contributed by atoms with E-state index in [1.165, 1.54) is 18.2 Å². The van der Waals surface area contributed by atoms with Crippen LogP contribution in [0.2, 0.25) is 0 Å². The highest BCUT2D eigenvalue weighted by Gasteiger charge is 2.17. The van der Waals surface area contributed by atoms with E-state index in [9.17, 15) is 8.78 Å². The summed E-state index contributed by atoms with van der Waals surface area (Å²) in [4.78, 5) is 0. The smallest absolute Gasteiger partial charge is 0.169 e. The van der Waals surface area contributed by atoms with E-state index in [-0.39, 0.29) is 11.4 Å². The standard InChI is InChI=1S/C10H8BrF2N3/c1-16-8(5-11)14-15-10(16)9-6(12)3-2-4-7(9)13/h2-4H,5H2,1H3. The predicted octanol–water partition coefficient (Wildman–Crippen LogP) is 2.66. The lowest BCUT2D eigenvalue weighted by atomic mass is 10.2. The molecule has 0 radical (unpaired) electrons. The van der Waals surface area contributed by atoms with E-state index in [0.29, 0.717) is 11.2 Å². The van der Waals surface area contributed by atoms with Gasteiger partial charge in [-0.1, -0.05) is 22.0 Å². The maximum Gasteiger partial charge on any atom is 0.169 e. The molecular formula is C10H8BrF2N3. The summed E-state index contributed by atoms with van der Waals surface area (Å²) in [6.07, 6.45) is 0. The number of halogens is 3. The van der Waals surface area contributed by atoms with Crippen LogP contribution in [0.4, 0.5) is 8.78 Å². The fourth-order valence-electron chi connectivity index (χ4n) is 1.41. The van der Waals surface area contributed by atoms with Crippen LogP contribution in [0.15, 0.2) is 18.2 Å². The van der Waals surface area contributed by atoms with Crippen molar-refractivity contribution in [2.24, 2.45) is 7.05 Å². The van der Waals surface area contributed by atoms with E-state index >= 15 is 0 Å². The molecule has 0 aliphatic rings. The van der Waals surface area contributed by atoms with Crippen molar-refractivity contribution in [2.75, 3.05) is 0 Å². The lowest BCUT2D eigenvalue weighted by molar-refractivity contribution is 0.585. The zero-order valence-electron chi connectivity index (χ0n) is 8.41. The Bertz CT molecular complexity index is 505. The molecule has 16 heavy (non-hydrogen) atoms. The van der Waals surface area contributed by atoms with Gasteiger partial charge in [0.25, 0.3) is 0 Å². The van der Waals surface area contributed by atoms with Gasteiger partial charge < -0.3 is 4.57 Å². The Morgan fingerprint density at radius 1 is 1.25 bits per heavy atom. The molecule has 84 valence electrons. The van der Waals surface area contributed by atoms with Crippen molar-refractivity contribution in [3.63, 3.8) is 0 Å². The molecule has 0 N–H and O–H groups in total. The third-order valence-corrected chi connectivity index (χ3v) is 2.77. The largest absolute Gasteiger partial charge is 0.313 e. The zero-order chi connectivity index (χ0) is 11.7. The SMILES string of the molecule is Cn1c(CBr)nnc1-c1c(F)cccc1F. The summed E-state index contributed by atoms with van der Waals surface area (Å²) in [6, 6.07) is 3.71. The predicted molar refractivity (Wildman–Crippen MR) is 59.0 cm³/mol. The second-order valence-corrected chi connectivity index (χ2v) is 3.79. The van der Waals surface area contributed by atoms with Gasteiger partial charge in [0.1, 0.15) is 17.5 Å². The number of benzene rings is 1. The molecule has 3 nitrogen and oxygen atoms in total. The molecule has 1 aromatic carbocycles. The fourth-order valence-corrected chi connectivity index (χ4v) is 1.90. The third kappa shape index (κ3) is 1.73. The van der Waals surface area contributed by atoms with E-state index in [0.717, 1.165) is 0 Å². The Balaban J connectivity index is 2.63. The second-order valence-electron chi connectivity index (χ2n) is 3.23. The lowest BCUT2D eigenvalue weighted by Gasteiger charge is -2.04. The van der Waals surface area contributed by atoms with Crippen LogP contribution in [-0.2, 0) is 12.4 Å². The molecule has 0 unspecified atom stereocenters. The first kappa shape index (κ1) is 11.2. The molecule has 0 fully saturated rings. The topological polar surface area (TPSA) is 30.7 Å². The summed E-state index contributed by atoms with van der Waals surface area (Å²) < 4.78 is 28.5. The van der Waals surface area contributed by atoms with E-state index in [2.05, 4.69) is 26.1 Å². The Labute approximate surface area is 99.2 Å². The first-order chi connectivity index (χ1) is 7.65. The fraction of sp³-hybridized carbons (Fsp3) is 0.200. The molecule has 0 aliphatic carbocycles. The highest BCUT2D eigenvalue weighted by Crippen LogP contribution is 2.24. The summed E-state index contributed by atoms with van der Waals surface area (Å²) in [5, 5.41) is 8.09. The molecule has 0 atom stereocenters. The van der Waals surface area contributed by atoms with Crippen molar-refractivity contribution in [2.45, 2.75) is 5.33 Å². The molecule has 6 heteroatoms. The molecule has 0 saturated heterocycles. The Morgan fingerprint density at radius 2 is 1.88 bits per heavy atom. The van der Waals surface area contributed by atoms with Gasteiger partial charge in [-0.2, -0.15) is 0 Å². The molecule has 0 saturated carbocycles. The monoisotopic (exact) mass is 287 g/mol. The third-order valence-electron chi connectivity index (χ3n) is 2.27. The normalized spacial score (nSPS) is 10.8. The zero-order valence-corrected chi connectivity index (χ0v) is 10.0. The van der Waals surface area contributed by atoms with Crippen molar-refractivity contribution in [1.82, 2.24) is 14.8 Å². The molecule has 2 rings (SSSR count). The van der Waals surface area contributed by atoms with E-state index in [1.807, 2.05) is 0 Å². The second kappa shape index (κ2) is 4.29. The minimum absolute atomic E-state index is 0.148. The number of nitrogens with zero attached hydrogens (tertiary/aromatic N) is 3. The minimum Gasteiger partial charge on any atom is -0.313 e. The molecule has 2 aromatic rings. The van der Waals surface area contributed by atoms with Crippen molar-refractivity contribution < 1.29 is 8.78 Å². The van der Waals surface area contributed by atoms with Crippen LogP contribution < -0.4 is 0 Å². The van der Waals surface area contributed by atoms with Crippen LogP contribution in [0.3, 0.4) is 0 Å². The molecule has 1 aromatic heterocycles. The number of rotatable bonds is 2. The van der Waals surface area contributed by atoms with Crippen LogP contribution in [0.5, 0.6) is 0 Å². The average molecular weight is 288 g/mol. The average Bonchev–Trinajstić information content (AvgIpc) is 2.60. The van der Waals surface area contributed by atoms with Crippen LogP contribution in [0.25, 0.3) is 11.4 Å². The quantitative estimate of drug-likeness (QED) is 0.795. The van der Waals surface area contributed by atoms with Crippen molar-refractivity contribution in [1.29, 1.82) is 0 Å². The lowest BCUT2D eigenvalue weighted by Crippen LogP contribution is -2.00. The maximum absolute atomic E-state index is 13.5. The molecule has 0 spiro atoms. The Kier molecular flexibility index (Phi) is 3.00. The minimum atomic E-state index is -0.642. The Morgan fingerprint density at radius 3 is 2.38 bits per heavy atom. The molecule has 0 aliphatic heterocycles. The molecule has 1 heterocycles. The number of alkyl halides is 1. The van der Waals surface area contributed by atoms with Crippen LogP contribution in [0.1, 0.15) is 5.82 Å². The van der Waals surface area contributed by atoms with Gasteiger partial charge in [0, 0.05) is 7.05 Å². The van der Waals surface area contributed by atoms with Gasteiger partial charge in [-0.3, -0.25) is 0 Å². The molecule has 0 amide bonds. The van der Waals surface area contributed by atoms with Crippen LogP contribution in [0, 0.1) is 11.6 Å². The molecule has 0 bridgehead atoms. The summed E-state index contributed by atoms with van der Waals surface area (Å²) in [5.41, 5.74) is -0.148. The molecular weight excluding hydrogens is 280 g/mol. The van der Waals surface area contributed by atoms with E-state index in [1.54, 1.807) is 11.6 Å². The summed E-state index contributed by atoms with van der Waals surface area (Å²) in [6.45, 7) is 0. The highest BCUT2D eigenvalue weighted by molar-refractivity contribution is 9.08. The van der Waals surface area contributed by atoms with Crippen LogP contribution in [-0.4, -0.2) is 14.8 Å². The van der Waals surface area contributed by atoms with Gasteiger partial charge in [-0.25, -0.2) is 8.78 Å². The highest BCUT2D eigenvalue weighted by atomic mass is 79.9. The van der Waals surface area contributed by atoms with Crippen molar-refractivity contribution in [3.05, 3.63) is 35.7 Å². The summed E-state index contributed by atoms with van der Waals surface area (Å²) in [5.74, 6) is -0.490. The Hall–Kier alpha value is -1.30. The van der Waals surface area contributed by atoms with E-state index < -0.39 is 11.6 Å². The van der Waals surface area contributed by atoms with Gasteiger partial charge in [0.15, 0.2) is 5.82 Å². The van der Waals surface area contributed by atoms with Crippen LogP contribution >= 0.6 is 15.9 Å². The van der Waals surface area contributed by atoms with E-state index in [4.69, 9.17) is 0 Å². The maximum atomic E-state index is 13.5. The van der Waals surface area contributed by atoms with Gasteiger partial charge in [-0.15, -0.1) is 10.2 Å². The van der Waals surface area contributed by atoms with Gasteiger partial charge >= 0.3 is 0 Å². The van der Waals surface area contributed by atoms with Gasteiger partial charge in [0.05, 0.1) is 10.9 Å². The van der Waals surface area contributed by atoms with Gasteiger partial charge in [-0.05, 0) is 12.1 Å². The van der Waals surface area contributed by atoms with Crippen molar-refractivity contribution >= 4 is 15.9 Å². The number of hydrogen-bond acceptors (Lipinski definition) is 2. The first-order valence-electron chi connectivity index (χ1n) is 4.53. The summed E-state index contributed by atoms with van der Waals surface area (Å²) in [7, 11) is 1.66.